The van der Waals surface area contributed by atoms with Crippen molar-refractivity contribution < 1.29 is 9.59 Å². The molecule has 1 heterocycles. The van der Waals surface area contributed by atoms with Gasteiger partial charge in [0.25, 0.3) is 0 Å². The van der Waals surface area contributed by atoms with E-state index in [1.54, 1.807) is 23.9 Å². The molecule has 1 aromatic rings. The molecule has 1 fully saturated rings. The van der Waals surface area contributed by atoms with Crippen LogP contribution in [0.2, 0.25) is 0 Å². The molecule has 114 valence electrons. The normalized spacial score (nSPS) is 19.4. The molecule has 0 unspecified atom stereocenters. The Morgan fingerprint density at radius 2 is 2.00 bits per heavy atom. The van der Waals surface area contributed by atoms with Gasteiger partial charge in [0.05, 0.1) is 0 Å². The zero-order valence-corrected chi connectivity index (χ0v) is 12.7. The minimum Gasteiger partial charge on any atom is -0.347 e. The molecule has 1 aromatic carbocycles. The Bertz CT molecular complexity index is 502. The number of likely N-dealkylation sites (N-methyl/N-ethyl adjacent to an activating group) is 1. The molecule has 0 aromatic heterocycles. The summed E-state index contributed by atoms with van der Waals surface area (Å²) in [6.07, 6.45) is 1.85. The molecule has 1 aliphatic rings. The monoisotopic (exact) mass is 289 g/mol. The van der Waals surface area contributed by atoms with Gasteiger partial charge in [-0.15, -0.1) is 0 Å². The Labute approximate surface area is 125 Å². The molecule has 21 heavy (non-hydrogen) atoms. The number of hydrogen-bond donors (Lipinski definition) is 1. The number of benzene rings is 1. The fraction of sp³-hybridized carbons (Fsp3) is 0.500. The van der Waals surface area contributed by atoms with Crippen molar-refractivity contribution in [3.63, 3.8) is 0 Å². The number of amides is 2. The van der Waals surface area contributed by atoms with Crippen molar-refractivity contribution in [3.05, 3.63) is 35.9 Å². The lowest BCUT2D eigenvalue weighted by Crippen LogP contribution is -2.46. The van der Waals surface area contributed by atoms with Gasteiger partial charge in [0, 0.05) is 33.1 Å². The average Bonchev–Trinajstić information content (AvgIpc) is 2.96. The molecular weight excluding hydrogens is 266 g/mol. The van der Waals surface area contributed by atoms with Gasteiger partial charge in [-0.2, -0.15) is 0 Å². The number of hydrogen-bond acceptors (Lipinski definition) is 3. The molecule has 2 atom stereocenters. The van der Waals surface area contributed by atoms with Crippen molar-refractivity contribution in [3.8, 4) is 0 Å². The van der Waals surface area contributed by atoms with Crippen LogP contribution in [0.15, 0.2) is 30.3 Å². The predicted octanol–water partition coefficient (Wildman–Crippen LogP) is 1.16. The first-order valence-electron chi connectivity index (χ1n) is 7.32. The Hall–Kier alpha value is -1.88. The number of nitrogens with zero attached hydrogens (tertiary/aromatic N) is 2. The summed E-state index contributed by atoms with van der Waals surface area (Å²) in [6.45, 7) is 0.643. The number of rotatable bonds is 4. The summed E-state index contributed by atoms with van der Waals surface area (Å²) in [5.41, 5.74) is 7.05. The highest BCUT2D eigenvalue weighted by Crippen LogP contribution is 2.22. The predicted molar refractivity (Wildman–Crippen MR) is 81.4 cm³/mol. The second-order valence-electron chi connectivity index (χ2n) is 5.70. The first-order chi connectivity index (χ1) is 10.0. The Balaban J connectivity index is 2.01. The fourth-order valence-electron chi connectivity index (χ4n) is 2.74. The van der Waals surface area contributed by atoms with Crippen molar-refractivity contribution >= 4 is 11.8 Å². The van der Waals surface area contributed by atoms with E-state index < -0.39 is 0 Å². The first-order valence-corrected chi connectivity index (χ1v) is 7.32. The van der Waals surface area contributed by atoms with Crippen molar-refractivity contribution in [2.45, 2.75) is 31.3 Å². The van der Waals surface area contributed by atoms with E-state index in [1.165, 1.54) is 0 Å². The summed E-state index contributed by atoms with van der Waals surface area (Å²) in [6, 6.07) is 8.94. The van der Waals surface area contributed by atoms with Crippen LogP contribution >= 0.6 is 0 Å². The van der Waals surface area contributed by atoms with Gasteiger partial charge >= 0.3 is 0 Å². The topological polar surface area (TPSA) is 66.6 Å². The van der Waals surface area contributed by atoms with E-state index in [1.807, 2.05) is 30.3 Å². The van der Waals surface area contributed by atoms with E-state index in [0.717, 1.165) is 18.4 Å². The smallest absolute Gasteiger partial charge is 0.244 e. The Kier molecular flexibility index (Phi) is 4.96. The first kappa shape index (κ1) is 15.5. The van der Waals surface area contributed by atoms with Crippen LogP contribution in [-0.4, -0.2) is 48.3 Å². The Morgan fingerprint density at radius 3 is 2.62 bits per heavy atom. The molecule has 2 rings (SSSR count). The van der Waals surface area contributed by atoms with Gasteiger partial charge in [0.2, 0.25) is 11.8 Å². The fourth-order valence-corrected chi connectivity index (χ4v) is 2.74. The molecule has 0 saturated carbocycles. The van der Waals surface area contributed by atoms with Crippen LogP contribution in [-0.2, 0) is 9.59 Å². The summed E-state index contributed by atoms with van der Waals surface area (Å²) in [7, 11) is 3.44. The number of nitrogens with two attached hydrogens (primary N) is 1. The van der Waals surface area contributed by atoms with Crippen LogP contribution in [0.5, 0.6) is 0 Å². The van der Waals surface area contributed by atoms with Crippen LogP contribution in [0.1, 0.15) is 30.9 Å². The van der Waals surface area contributed by atoms with Crippen molar-refractivity contribution in [1.29, 1.82) is 0 Å². The van der Waals surface area contributed by atoms with E-state index in [-0.39, 0.29) is 30.3 Å². The lowest BCUT2D eigenvalue weighted by atomic mass is 10.0. The third-order valence-corrected chi connectivity index (χ3v) is 3.92. The highest BCUT2D eigenvalue weighted by Gasteiger charge is 2.35. The molecular formula is C16H23N3O2. The van der Waals surface area contributed by atoms with E-state index in [4.69, 9.17) is 5.73 Å². The SMILES string of the molecule is CN(C)C(=O)[C@H]1CCCN1C(=O)C[C@H](N)c1ccccc1. The molecule has 5 nitrogen and oxygen atoms in total. The molecule has 2 amide bonds. The van der Waals surface area contributed by atoms with Crippen molar-refractivity contribution in [1.82, 2.24) is 9.80 Å². The standard InChI is InChI=1S/C16H23N3O2/c1-18(2)16(21)14-9-6-10-19(14)15(20)11-13(17)12-7-4-3-5-8-12/h3-5,7-8,13-14H,6,9-11,17H2,1-2H3/t13-,14+/m0/s1. The second kappa shape index (κ2) is 6.72. The molecule has 0 bridgehead atoms. The van der Waals surface area contributed by atoms with Crippen LogP contribution in [0.3, 0.4) is 0 Å². The van der Waals surface area contributed by atoms with E-state index >= 15 is 0 Å². The lowest BCUT2D eigenvalue weighted by Gasteiger charge is -2.27. The molecule has 0 radical (unpaired) electrons. The van der Waals surface area contributed by atoms with Crippen LogP contribution in [0, 0.1) is 0 Å². The zero-order valence-electron chi connectivity index (χ0n) is 12.7. The van der Waals surface area contributed by atoms with Gasteiger partial charge in [0.1, 0.15) is 6.04 Å². The number of likely N-dealkylation sites (tertiary alicyclic amines) is 1. The van der Waals surface area contributed by atoms with Gasteiger partial charge < -0.3 is 15.5 Å². The molecule has 5 heteroatoms. The van der Waals surface area contributed by atoms with E-state index in [0.29, 0.717) is 6.54 Å². The summed E-state index contributed by atoms with van der Waals surface area (Å²) in [4.78, 5) is 27.8. The van der Waals surface area contributed by atoms with Crippen molar-refractivity contribution in [2.75, 3.05) is 20.6 Å². The third kappa shape index (κ3) is 3.61. The van der Waals surface area contributed by atoms with Crippen LogP contribution in [0.25, 0.3) is 0 Å². The summed E-state index contributed by atoms with van der Waals surface area (Å²) < 4.78 is 0. The largest absolute Gasteiger partial charge is 0.347 e. The van der Waals surface area contributed by atoms with E-state index in [2.05, 4.69) is 0 Å². The summed E-state index contributed by atoms with van der Waals surface area (Å²) >= 11 is 0. The number of carbonyl (C=O) groups is 2. The maximum Gasteiger partial charge on any atom is 0.244 e. The maximum absolute atomic E-state index is 12.4. The Morgan fingerprint density at radius 1 is 1.33 bits per heavy atom. The lowest BCUT2D eigenvalue weighted by molar-refractivity contribution is -0.142. The van der Waals surface area contributed by atoms with Gasteiger partial charge in [-0.1, -0.05) is 30.3 Å². The molecule has 1 aliphatic heterocycles. The minimum absolute atomic E-state index is 0.00543. The molecule has 0 spiro atoms. The van der Waals surface area contributed by atoms with Gasteiger partial charge in [-0.3, -0.25) is 9.59 Å². The van der Waals surface area contributed by atoms with E-state index in [9.17, 15) is 9.59 Å². The molecule has 2 N–H and O–H groups in total. The van der Waals surface area contributed by atoms with Gasteiger partial charge in [-0.25, -0.2) is 0 Å². The van der Waals surface area contributed by atoms with Crippen LogP contribution < -0.4 is 5.73 Å². The highest BCUT2D eigenvalue weighted by atomic mass is 16.2. The third-order valence-electron chi connectivity index (χ3n) is 3.92. The molecule has 0 aliphatic carbocycles. The van der Waals surface area contributed by atoms with Gasteiger partial charge in [-0.05, 0) is 18.4 Å². The maximum atomic E-state index is 12.4. The second-order valence-corrected chi connectivity index (χ2v) is 5.70. The zero-order chi connectivity index (χ0) is 15.4. The summed E-state index contributed by atoms with van der Waals surface area (Å²) in [5.74, 6) is -0.0433. The number of carbonyl (C=O) groups excluding carboxylic acids is 2. The van der Waals surface area contributed by atoms with Gasteiger partial charge in [0.15, 0.2) is 0 Å². The quantitative estimate of drug-likeness (QED) is 0.904. The highest BCUT2D eigenvalue weighted by molar-refractivity contribution is 5.88. The summed E-state index contributed by atoms with van der Waals surface area (Å²) in [5, 5.41) is 0. The molecule has 1 saturated heterocycles. The average molecular weight is 289 g/mol. The van der Waals surface area contributed by atoms with Crippen LogP contribution in [0.4, 0.5) is 0 Å². The van der Waals surface area contributed by atoms with Crippen molar-refractivity contribution in [2.24, 2.45) is 5.73 Å². The minimum atomic E-state index is -0.325.